The van der Waals surface area contributed by atoms with Crippen LogP contribution in [0.2, 0.25) is 0 Å². The van der Waals surface area contributed by atoms with E-state index >= 15 is 0 Å². The molecular formula is C15H31N3O2S. The Morgan fingerprint density at radius 3 is 2.43 bits per heavy atom. The summed E-state index contributed by atoms with van der Waals surface area (Å²) in [5.41, 5.74) is -0.110. The Labute approximate surface area is 129 Å². The summed E-state index contributed by atoms with van der Waals surface area (Å²) < 4.78 is 22.6. The Bertz CT molecular complexity index is 438. The van der Waals surface area contributed by atoms with Gasteiger partial charge in [0.05, 0.1) is 5.75 Å². The standard InChI is InChI=1S/C15H31N3O2S/c1-5-16-14(18-13-8-6-7-9-13)17-12-15(2,3)10-11-21(4,19)20/h13H,5-12H2,1-4H3,(H2,16,17,18). The van der Waals surface area contributed by atoms with Crippen LogP contribution in [0.3, 0.4) is 0 Å². The van der Waals surface area contributed by atoms with E-state index < -0.39 is 9.84 Å². The number of nitrogens with zero attached hydrogens (tertiary/aromatic N) is 1. The Morgan fingerprint density at radius 1 is 1.29 bits per heavy atom. The number of sulfone groups is 1. The van der Waals surface area contributed by atoms with Gasteiger partial charge in [0.25, 0.3) is 0 Å². The molecule has 0 aromatic carbocycles. The molecule has 0 unspecified atom stereocenters. The van der Waals surface area contributed by atoms with Crippen LogP contribution in [0.1, 0.15) is 52.9 Å². The van der Waals surface area contributed by atoms with Crippen LogP contribution >= 0.6 is 0 Å². The molecule has 124 valence electrons. The molecule has 21 heavy (non-hydrogen) atoms. The molecule has 0 heterocycles. The van der Waals surface area contributed by atoms with E-state index in [1.165, 1.54) is 31.9 Å². The third kappa shape index (κ3) is 8.29. The summed E-state index contributed by atoms with van der Waals surface area (Å²) in [6.07, 6.45) is 6.92. The molecule has 1 rings (SSSR count). The van der Waals surface area contributed by atoms with Crippen molar-refractivity contribution >= 4 is 15.8 Å². The van der Waals surface area contributed by atoms with Gasteiger partial charge in [0.1, 0.15) is 9.84 Å². The van der Waals surface area contributed by atoms with Crippen molar-refractivity contribution in [3.63, 3.8) is 0 Å². The summed E-state index contributed by atoms with van der Waals surface area (Å²) in [6.45, 7) is 7.66. The number of nitrogens with one attached hydrogen (secondary N) is 2. The SMILES string of the molecule is CCNC(=NCC(C)(C)CCS(C)(=O)=O)NC1CCCC1. The molecule has 0 radical (unpaired) electrons. The molecule has 0 atom stereocenters. The predicted octanol–water partition coefficient (Wildman–Crippen LogP) is 1.95. The van der Waals surface area contributed by atoms with Gasteiger partial charge in [-0.1, -0.05) is 26.7 Å². The van der Waals surface area contributed by atoms with E-state index in [-0.39, 0.29) is 11.2 Å². The van der Waals surface area contributed by atoms with Crippen LogP contribution in [0.4, 0.5) is 0 Å². The van der Waals surface area contributed by atoms with Crippen molar-refractivity contribution in [3.05, 3.63) is 0 Å². The van der Waals surface area contributed by atoms with Gasteiger partial charge in [-0.2, -0.15) is 0 Å². The van der Waals surface area contributed by atoms with E-state index in [0.29, 0.717) is 19.0 Å². The molecule has 0 saturated heterocycles. The second-order valence-corrected chi connectivity index (χ2v) is 9.12. The second kappa shape index (κ2) is 8.01. The average molecular weight is 317 g/mol. The minimum absolute atomic E-state index is 0.110. The van der Waals surface area contributed by atoms with Crippen molar-refractivity contribution in [1.29, 1.82) is 0 Å². The zero-order chi connectivity index (χ0) is 15.9. The van der Waals surface area contributed by atoms with Crippen LogP contribution in [-0.2, 0) is 9.84 Å². The Morgan fingerprint density at radius 2 is 1.90 bits per heavy atom. The van der Waals surface area contributed by atoms with Crippen LogP contribution in [-0.4, -0.2) is 45.5 Å². The highest BCUT2D eigenvalue weighted by Crippen LogP contribution is 2.22. The molecule has 0 bridgehead atoms. The number of hydrogen-bond acceptors (Lipinski definition) is 3. The molecule has 0 aromatic rings. The number of guanidine groups is 1. The van der Waals surface area contributed by atoms with Gasteiger partial charge in [-0.25, -0.2) is 8.42 Å². The molecule has 0 spiro atoms. The quantitative estimate of drug-likeness (QED) is 0.556. The first-order chi connectivity index (χ1) is 9.72. The Balaban J connectivity index is 2.54. The fraction of sp³-hybridized carbons (Fsp3) is 0.933. The number of rotatable bonds is 7. The van der Waals surface area contributed by atoms with Crippen LogP contribution in [0, 0.1) is 5.41 Å². The lowest BCUT2D eigenvalue weighted by atomic mass is 9.90. The largest absolute Gasteiger partial charge is 0.357 e. The highest BCUT2D eigenvalue weighted by atomic mass is 32.2. The molecule has 1 saturated carbocycles. The normalized spacial score (nSPS) is 18.0. The van der Waals surface area contributed by atoms with E-state index in [0.717, 1.165) is 12.5 Å². The Hall–Kier alpha value is -0.780. The maximum Gasteiger partial charge on any atom is 0.191 e. The maximum absolute atomic E-state index is 11.3. The van der Waals surface area contributed by atoms with Crippen molar-refractivity contribution in [3.8, 4) is 0 Å². The summed E-state index contributed by atoms with van der Waals surface area (Å²) in [7, 11) is -2.90. The first-order valence-electron chi connectivity index (χ1n) is 7.94. The second-order valence-electron chi connectivity index (χ2n) is 6.86. The topological polar surface area (TPSA) is 70.6 Å². The van der Waals surface area contributed by atoms with Crippen LogP contribution in [0.15, 0.2) is 4.99 Å². The molecule has 1 aliphatic rings. The van der Waals surface area contributed by atoms with Gasteiger partial charge in [0.15, 0.2) is 5.96 Å². The zero-order valence-electron chi connectivity index (χ0n) is 13.9. The fourth-order valence-corrected chi connectivity index (χ4v) is 3.34. The van der Waals surface area contributed by atoms with Gasteiger partial charge in [0, 0.05) is 25.4 Å². The number of hydrogen-bond donors (Lipinski definition) is 2. The molecule has 1 aliphatic carbocycles. The van der Waals surface area contributed by atoms with Gasteiger partial charge in [-0.15, -0.1) is 0 Å². The lowest BCUT2D eigenvalue weighted by Crippen LogP contribution is -2.43. The van der Waals surface area contributed by atoms with Crippen molar-refractivity contribution in [2.45, 2.75) is 58.9 Å². The monoisotopic (exact) mass is 317 g/mol. The minimum Gasteiger partial charge on any atom is -0.357 e. The molecule has 2 N–H and O–H groups in total. The lowest BCUT2D eigenvalue weighted by Gasteiger charge is -2.23. The van der Waals surface area contributed by atoms with Crippen LogP contribution in [0.5, 0.6) is 0 Å². The van der Waals surface area contributed by atoms with Crippen molar-refractivity contribution < 1.29 is 8.42 Å². The zero-order valence-corrected chi connectivity index (χ0v) is 14.7. The summed E-state index contributed by atoms with van der Waals surface area (Å²) >= 11 is 0. The lowest BCUT2D eigenvalue weighted by molar-refractivity contribution is 0.365. The molecule has 0 amide bonds. The van der Waals surface area contributed by atoms with Crippen LogP contribution in [0.25, 0.3) is 0 Å². The summed E-state index contributed by atoms with van der Waals surface area (Å²) in [6, 6.07) is 0.530. The molecular weight excluding hydrogens is 286 g/mol. The highest BCUT2D eigenvalue weighted by Gasteiger charge is 2.21. The van der Waals surface area contributed by atoms with E-state index in [1.807, 2.05) is 0 Å². The molecule has 6 heteroatoms. The van der Waals surface area contributed by atoms with Gasteiger partial charge >= 0.3 is 0 Å². The van der Waals surface area contributed by atoms with Gasteiger partial charge in [0.2, 0.25) is 0 Å². The Kier molecular flexibility index (Phi) is 6.97. The van der Waals surface area contributed by atoms with Crippen molar-refractivity contribution in [2.75, 3.05) is 25.1 Å². The van der Waals surface area contributed by atoms with Crippen LogP contribution < -0.4 is 10.6 Å². The first-order valence-corrected chi connectivity index (χ1v) is 10.0. The van der Waals surface area contributed by atoms with E-state index in [9.17, 15) is 8.42 Å². The summed E-state index contributed by atoms with van der Waals surface area (Å²) in [5.74, 6) is 1.08. The maximum atomic E-state index is 11.3. The highest BCUT2D eigenvalue weighted by molar-refractivity contribution is 7.90. The van der Waals surface area contributed by atoms with Crippen molar-refractivity contribution in [1.82, 2.24) is 10.6 Å². The van der Waals surface area contributed by atoms with Gasteiger partial charge in [-0.05, 0) is 31.6 Å². The predicted molar refractivity (Wildman–Crippen MR) is 89.5 cm³/mol. The van der Waals surface area contributed by atoms with E-state index in [2.05, 4.69) is 36.4 Å². The summed E-state index contributed by atoms with van der Waals surface area (Å²) in [5, 5.41) is 6.76. The summed E-state index contributed by atoms with van der Waals surface area (Å²) in [4.78, 5) is 4.65. The molecule has 5 nitrogen and oxygen atoms in total. The van der Waals surface area contributed by atoms with Gasteiger partial charge < -0.3 is 10.6 Å². The third-order valence-electron chi connectivity index (χ3n) is 3.86. The van der Waals surface area contributed by atoms with Crippen molar-refractivity contribution in [2.24, 2.45) is 10.4 Å². The first kappa shape index (κ1) is 18.3. The third-order valence-corrected chi connectivity index (χ3v) is 4.80. The molecule has 1 fully saturated rings. The minimum atomic E-state index is -2.90. The smallest absolute Gasteiger partial charge is 0.191 e. The average Bonchev–Trinajstić information content (AvgIpc) is 2.86. The molecule has 0 aromatic heterocycles. The molecule has 0 aliphatic heterocycles. The number of aliphatic imine (C=N–C) groups is 1. The van der Waals surface area contributed by atoms with E-state index in [1.54, 1.807) is 0 Å². The van der Waals surface area contributed by atoms with E-state index in [4.69, 9.17) is 0 Å². The fourth-order valence-electron chi connectivity index (χ4n) is 2.42. The van der Waals surface area contributed by atoms with Gasteiger partial charge in [-0.3, -0.25) is 4.99 Å².